The van der Waals surface area contributed by atoms with Crippen molar-refractivity contribution < 1.29 is 18.7 Å². The number of rotatable bonds is 5. The third kappa shape index (κ3) is 4.27. The molecule has 8 nitrogen and oxygen atoms in total. The van der Waals surface area contributed by atoms with Crippen molar-refractivity contribution in [3.05, 3.63) is 87.7 Å². The highest BCUT2D eigenvalue weighted by Gasteiger charge is 2.18. The maximum atomic E-state index is 13.4. The Morgan fingerprint density at radius 2 is 1.89 bits per heavy atom. The molecule has 3 aromatic carbocycles. The maximum absolute atomic E-state index is 13.4. The molecule has 5 rings (SSSR count). The minimum atomic E-state index is -0.548. The summed E-state index contributed by atoms with van der Waals surface area (Å²) in [6, 6.07) is 19.3. The molecule has 0 aliphatic rings. The molecule has 0 spiro atoms. The summed E-state index contributed by atoms with van der Waals surface area (Å²) in [5.74, 6) is 0.405. The highest BCUT2D eigenvalue weighted by molar-refractivity contribution is 6.31. The lowest BCUT2D eigenvalue weighted by Gasteiger charge is -2.12. The monoisotopic (exact) mass is 487 g/mol. The summed E-state index contributed by atoms with van der Waals surface area (Å²) in [5, 5.41) is 5.98. The summed E-state index contributed by atoms with van der Waals surface area (Å²) < 4.78 is 17.8. The lowest BCUT2D eigenvalue weighted by molar-refractivity contribution is -0.132. The first-order valence-corrected chi connectivity index (χ1v) is 10.9. The molecule has 0 unspecified atom stereocenters. The van der Waals surface area contributed by atoms with Crippen LogP contribution in [0, 0.1) is 0 Å². The zero-order valence-electron chi connectivity index (χ0n) is 18.7. The van der Waals surface area contributed by atoms with Crippen LogP contribution in [0.5, 0.6) is 11.5 Å². The molecule has 0 N–H and O–H groups in total. The SMILES string of the molecule is COc1cc(Cl)cc(C=Nn2c(-c3cc4ccccc4o3)nc3ccccc3c2=O)c1OC(C)=O. The molecule has 0 saturated carbocycles. The van der Waals surface area contributed by atoms with Gasteiger partial charge in [0.15, 0.2) is 17.3 Å². The van der Waals surface area contributed by atoms with Crippen LogP contribution < -0.4 is 15.0 Å². The molecule has 0 fully saturated rings. The van der Waals surface area contributed by atoms with E-state index in [4.69, 9.17) is 25.5 Å². The molecule has 2 heterocycles. The fourth-order valence-corrected chi connectivity index (χ4v) is 3.91. The largest absolute Gasteiger partial charge is 0.493 e. The fourth-order valence-electron chi connectivity index (χ4n) is 3.69. The van der Waals surface area contributed by atoms with Crippen molar-refractivity contribution >= 4 is 45.7 Å². The van der Waals surface area contributed by atoms with E-state index in [2.05, 4.69) is 10.1 Å². The van der Waals surface area contributed by atoms with Gasteiger partial charge in [0.1, 0.15) is 5.58 Å². The molecular formula is C26H18ClN3O5. The van der Waals surface area contributed by atoms with Crippen molar-refractivity contribution in [3.8, 4) is 23.1 Å². The first-order valence-electron chi connectivity index (χ1n) is 10.6. The predicted octanol–water partition coefficient (Wildman–Crippen LogP) is 5.28. The van der Waals surface area contributed by atoms with Gasteiger partial charge in [-0.3, -0.25) is 9.59 Å². The van der Waals surface area contributed by atoms with Crippen LogP contribution in [0.4, 0.5) is 0 Å². The molecule has 0 radical (unpaired) electrons. The molecule has 0 aliphatic carbocycles. The summed E-state index contributed by atoms with van der Waals surface area (Å²) in [6.07, 6.45) is 1.36. The van der Waals surface area contributed by atoms with Crippen LogP contribution >= 0.6 is 11.6 Å². The predicted molar refractivity (Wildman–Crippen MR) is 134 cm³/mol. The van der Waals surface area contributed by atoms with Gasteiger partial charge in [-0.1, -0.05) is 41.9 Å². The smallest absolute Gasteiger partial charge is 0.308 e. The summed E-state index contributed by atoms with van der Waals surface area (Å²) in [4.78, 5) is 29.8. The van der Waals surface area contributed by atoms with Crippen molar-refractivity contribution in [2.75, 3.05) is 7.11 Å². The van der Waals surface area contributed by atoms with E-state index in [9.17, 15) is 9.59 Å². The third-order valence-electron chi connectivity index (χ3n) is 5.23. The molecule has 35 heavy (non-hydrogen) atoms. The Hall–Kier alpha value is -4.43. The number of esters is 1. The number of methoxy groups -OCH3 is 1. The van der Waals surface area contributed by atoms with Gasteiger partial charge in [-0.15, -0.1) is 0 Å². The standard InChI is InChI=1S/C26H18ClN3O5/c1-15(31)34-24-17(11-18(27)13-22(24)33-2)14-28-30-25(23-12-16-7-3-6-10-21(16)35-23)29-20-9-5-4-8-19(20)26(30)32/h3-14H,1-2H3. The van der Waals surface area contributed by atoms with E-state index in [1.165, 1.54) is 26.3 Å². The van der Waals surface area contributed by atoms with Gasteiger partial charge in [0.25, 0.3) is 5.56 Å². The van der Waals surface area contributed by atoms with Crippen molar-refractivity contribution in [1.82, 2.24) is 9.66 Å². The topological polar surface area (TPSA) is 95.9 Å². The van der Waals surface area contributed by atoms with Crippen LogP contribution in [-0.4, -0.2) is 29.0 Å². The second kappa shape index (κ2) is 9.08. The van der Waals surface area contributed by atoms with Crippen molar-refractivity contribution in [2.24, 2.45) is 5.10 Å². The number of hydrogen-bond acceptors (Lipinski definition) is 7. The molecule has 2 aromatic heterocycles. The van der Waals surface area contributed by atoms with Crippen LogP contribution in [0.25, 0.3) is 33.5 Å². The van der Waals surface area contributed by atoms with Crippen molar-refractivity contribution in [1.29, 1.82) is 0 Å². The quantitative estimate of drug-likeness (QED) is 0.190. The molecule has 0 atom stereocenters. The Morgan fingerprint density at radius 1 is 1.11 bits per heavy atom. The number of ether oxygens (including phenoxy) is 2. The van der Waals surface area contributed by atoms with Gasteiger partial charge in [-0.05, 0) is 30.3 Å². The minimum Gasteiger partial charge on any atom is -0.493 e. The zero-order valence-corrected chi connectivity index (χ0v) is 19.4. The first kappa shape index (κ1) is 22.4. The second-order valence-electron chi connectivity index (χ2n) is 7.58. The average molecular weight is 488 g/mol. The van der Waals surface area contributed by atoms with Crippen molar-refractivity contribution in [2.45, 2.75) is 6.92 Å². The molecule has 0 aliphatic heterocycles. The summed E-state index contributed by atoms with van der Waals surface area (Å²) in [5.41, 5.74) is 1.09. The van der Waals surface area contributed by atoms with Crippen molar-refractivity contribution in [3.63, 3.8) is 0 Å². The van der Waals surface area contributed by atoms with Crippen LogP contribution in [0.1, 0.15) is 12.5 Å². The summed E-state index contributed by atoms with van der Waals surface area (Å²) in [7, 11) is 1.43. The molecular weight excluding hydrogens is 470 g/mol. The number of furan rings is 1. The van der Waals surface area contributed by atoms with Crippen LogP contribution in [0.15, 0.2) is 81.0 Å². The Bertz CT molecular complexity index is 1650. The highest BCUT2D eigenvalue weighted by atomic mass is 35.5. The van der Waals surface area contributed by atoms with Crippen LogP contribution in [0.3, 0.4) is 0 Å². The van der Waals surface area contributed by atoms with E-state index in [1.807, 2.05) is 24.3 Å². The lowest BCUT2D eigenvalue weighted by atomic mass is 10.2. The number of halogens is 1. The highest BCUT2D eigenvalue weighted by Crippen LogP contribution is 2.34. The Kier molecular flexibility index (Phi) is 5.80. The number of fused-ring (bicyclic) bond motifs is 2. The third-order valence-corrected chi connectivity index (χ3v) is 5.44. The van der Waals surface area contributed by atoms with Gasteiger partial charge < -0.3 is 13.9 Å². The number of carbonyl (C=O) groups excluding carboxylic acids is 1. The van der Waals surface area contributed by atoms with Gasteiger partial charge >= 0.3 is 5.97 Å². The summed E-state index contributed by atoms with van der Waals surface area (Å²) in [6.45, 7) is 1.27. The van der Waals surface area contributed by atoms with Gasteiger partial charge in [-0.25, -0.2) is 4.98 Å². The van der Waals surface area contributed by atoms with E-state index in [-0.39, 0.29) is 17.3 Å². The second-order valence-corrected chi connectivity index (χ2v) is 8.02. The van der Waals surface area contributed by atoms with Gasteiger partial charge in [0.05, 0.1) is 24.2 Å². The Balaban J connectivity index is 1.73. The number of hydrogen-bond donors (Lipinski definition) is 0. The molecule has 0 amide bonds. The minimum absolute atomic E-state index is 0.125. The zero-order chi connectivity index (χ0) is 24.5. The summed E-state index contributed by atoms with van der Waals surface area (Å²) >= 11 is 6.22. The normalized spacial score (nSPS) is 11.4. The molecule has 174 valence electrons. The van der Waals surface area contributed by atoms with Gasteiger partial charge in [-0.2, -0.15) is 9.78 Å². The fraction of sp³-hybridized carbons (Fsp3) is 0.0769. The number of nitrogens with zero attached hydrogens (tertiary/aromatic N) is 3. The first-order chi connectivity index (χ1) is 16.9. The van der Waals surface area contributed by atoms with E-state index >= 15 is 0 Å². The van der Waals surface area contributed by atoms with Gasteiger partial charge in [0.2, 0.25) is 5.82 Å². The van der Waals surface area contributed by atoms with E-state index in [0.29, 0.717) is 32.8 Å². The molecule has 0 bridgehead atoms. The van der Waals surface area contributed by atoms with E-state index in [1.54, 1.807) is 36.4 Å². The number of para-hydroxylation sites is 2. The Labute approximate surface area is 204 Å². The lowest BCUT2D eigenvalue weighted by Crippen LogP contribution is -2.20. The van der Waals surface area contributed by atoms with Crippen LogP contribution in [0.2, 0.25) is 5.02 Å². The number of aromatic nitrogens is 2. The van der Waals surface area contributed by atoms with E-state index < -0.39 is 11.5 Å². The molecule has 5 aromatic rings. The molecule has 9 heteroatoms. The van der Waals surface area contributed by atoms with Crippen LogP contribution in [-0.2, 0) is 4.79 Å². The number of benzene rings is 3. The molecule has 0 saturated heterocycles. The maximum Gasteiger partial charge on any atom is 0.308 e. The van der Waals surface area contributed by atoms with E-state index in [0.717, 1.165) is 10.1 Å². The average Bonchev–Trinajstić information content (AvgIpc) is 3.28. The number of carbonyl (C=O) groups is 1. The Morgan fingerprint density at radius 3 is 2.66 bits per heavy atom. The van der Waals surface area contributed by atoms with Gasteiger partial charge in [0, 0.05) is 29.0 Å².